The van der Waals surface area contributed by atoms with E-state index in [1.807, 2.05) is 0 Å². The number of H-pyrrole nitrogens is 1. The zero-order valence-electron chi connectivity index (χ0n) is 10.6. The van der Waals surface area contributed by atoms with E-state index in [-0.39, 0.29) is 0 Å². The van der Waals surface area contributed by atoms with Crippen LogP contribution in [0.25, 0.3) is 0 Å². The van der Waals surface area contributed by atoms with E-state index < -0.39 is 0 Å². The van der Waals surface area contributed by atoms with Crippen LogP contribution in [0, 0.1) is 19.8 Å². The third-order valence-electron chi connectivity index (χ3n) is 3.78. The van der Waals surface area contributed by atoms with Gasteiger partial charge in [0.25, 0.3) is 0 Å². The zero-order chi connectivity index (χ0) is 11.5. The number of aromatic nitrogens is 2. The molecule has 1 saturated carbocycles. The lowest BCUT2D eigenvalue weighted by atomic mass is 9.87. The van der Waals surface area contributed by atoms with Gasteiger partial charge in [-0.25, -0.2) is 0 Å². The fraction of sp³-hybridized carbons (Fsp3) is 0.769. The molecule has 0 spiro atoms. The van der Waals surface area contributed by atoms with Gasteiger partial charge in [0.1, 0.15) is 0 Å². The molecular weight excluding hydrogens is 198 g/mol. The Kier molecular flexibility index (Phi) is 3.64. The van der Waals surface area contributed by atoms with Crippen LogP contribution in [0.3, 0.4) is 0 Å². The summed E-state index contributed by atoms with van der Waals surface area (Å²) in [6.45, 7) is 7.50. The van der Waals surface area contributed by atoms with Crippen LogP contribution in [-0.2, 0) is 6.54 Å². The van der Waals surface area contributed by atoms with Crippen LogP contribution in [0.5, 0.6) is 0 Å². The third kappa shape index (κ3) is 2.64. The summed E-state index contributed by atoms with van der Waals surface area (Å²) in [7, 11) is 0. The first-order valence-electron chi connectivity index (χ1n) is 6.40. The van der Waals surface area contributed by atoms with Gasteiger partial charge in [0.2, 0.25) is 0 Å². The van der Waals surface area contributed by atoms with Crippen LogP contribution < -0.4 is 5.32 Å². The summed E-state index contributed by atoms with van der Waals surface area (Å²) in [5, 5.41) is 10.9. The van der Waals surface area contributed by atoms with Gasteiger partial charge in [-0.15, -0.1) is 0 Å². The minimum atomic E-state index is 0.706. The molecule has 90 valence electrons. The zero-order valence-corrected chi connectivity index (χ0v) is 10.6. The lowest BCUT2D eigenvalue weighted by Gasteiger charge is -2.27. The molecular formula is C13H23N3. The van der Waals surface area contributed by atoms with Crippen LogP contribution in [0.1, 0.15) is 49.6 Å². The summed E-state index contributed by atoms with van der Waals surface area (Å²) in [6.07, 6.45) is 5.44. The molecule has 3 nitrogen and oxygen atoms in total. The first kappa shape index (κ1) is 11.6. The molecule has 2 rings (SSSR count). The smallest absolute Gasteiger partial charge is 0.0638 e. The summed E-state index contributed by atoms with van der Waals surface area (Å²) >= 11 is 0. The number of hydrogen-bond donors (Lipinski definition) is 2. The van der Waals surface area contributed by atoms with Crippen molar-refractivity contribution in [3.05, 3.63) is 17.0 Å². The van der Waals surface area contributed by atoms with Gasteiger partial charge in [0.15, 0.2) is 0 Å². The van der Waals surface area contributed by atoms with Gasteiger partial charge in [-0.1, -0.05) is 19.8 Å². The van der Waals surface area contributed by atoms with Crippen LogP contribution in [0.2, 0.25) is 0 Å². The fourth-order valence-corrected chi connectivity index (χ4v) is 2.70. The van der Waals surface area contributed by atoms with E-state index in [2.05, 4.69) is 36.3 Å². The van der Waals surface area contributed by atoms with Crippen LogP contribution in [-0.4, -0.2) is 16.2 Å². The molecule has 2 unspecified atom stereocenters. The number of hydrogen-bond acceptors (Lipinski definition) is 2. The second kappa shape index (κ2) is 5.00. The van der Waals surface area contributed by atoms with E-state index in [0.29, 0.717) is 6.04 Å². The number of aromatic amines is 1. The average Bonchev–Trinajstić information content (AvgIpc) is 2.56. The highest BCUT2D eigenvalue weighted by Crippen LogP contribution is 2.24. The second-order valence-corrected chi connectivity index (χ2v) is 5.26. The number of nitrogens with one attached hydrogen (secondary N) is 2. The van der Waals surface area contributed by atoms with Crippen molar-refractivity contribution in [2.45, 2.75) is 59.0 Å². The van der Waals surface area contributed by atoms with Gasteiger partial charge in [-0.3, -0.25) is 5.10 Å². The molecule has 1 aromatic heterocycles. The Morgan fingerprint density at radius 2 is 2.19 bits per heavy atom. The van der Waals surface area contributed by atoms with E-state index in [0.717, 1.165) is 18.2 Å². The van der Waals surface area contributed by atoms with Crippen LogP contribution in [0.4, 0.5) is 0 Å². The summed E-state index contributed by atoms with van der Waals surface area (Å²) < 4.78 is 0. The lowest BCUT2D eigenvalue weighted by molar-refractivity contribution is 0.300. The molecule has 1 heterocycles. The Labute approximate surface area is 98.0 Å². The first-order chi connectivity index (χ1) is 7.66. The van der Waals surface area contributed by atoms with Crippen molar-refractivity contribution < 1.29 is 0 Å². The Morgan fingerprint density at radius 1 is 1.38 bits per heavy atom. The van der Waals surface area contributed by atoms with Crippen LogP contribution >= 0.6 is 0 Å². The minimum Gasteiger partial charge on any atom is -0.310 e. The van der Waals surface area contributed by atoms with Gasteiger partial charge in [-0.05, 0) is 32.6 Å². The summed E-state index contributed by atoms with van der Waals surface area (Å²) in [6, 6.07) is 0.706. The molecule has 0 aliphatic heterocycles. The first-order valence-corrected chi connectivity index (χ1v) is 6.40. The summed E-state index contributed by atoms with van der Waals surface area (Å²) in [5.74, 6) is 0.887. The quantitative estimate of drug-likeness (QED) is 0.824. The minimum absolute atomic E-state index is 0.706. The van der Waals surface area contributed by atoms with Crippen LogP contribution in [0.15, 0.2) is 0 Å². The lowest BCUT2D eigenvalue weighted by Crippen LogP contribution is -2.33. The summed E-state index contributed by atoms with van der Waals surface area (Å²) in [4.78, 5) is 0. The molecule has 1 aromatic rings. The predicted molar refractivity (Wildman–Crippen MR) is 66.3 cm³/mol. The highest BCUT2D eigenvalue weighted by Gasteiger charge is 2.18. The number of rotatable bonds is 3. The van der Waals surface area contributed by atoms with Gasteiger partial charge in [-0.2, -0.15) is 5.10 Å². The van der Waals surface area contributed by atoms with E-state index >= 15 is 0 Å². The molecule has 2 atom stereocenters. The SMILES string of the molecule is Cc1n[nH]c(C)c1CNC1CCCC(C)C1. The molecule has 0 bridgehead atoms. The molecule has 0 amide bonds. The Morgan fingerprint density at radius 3 is 2.81 bits per heavy atom. The van der Waals surface area contributed by atoms with Crippen molar-refractivity contribution in [1.29, 1.82) is 0 Å². The topological polar surface area (TPSA) is 40.7 Å². The second-order valence-electron chi connectivity index (χ2n) is 5.26. The van der Waals surface area contributed by atoms with E-state index in [1.165, 1.54) is 36.9 Å². The van der Waals surface area contributed by atoms with Crippen molar-refractivity contribution in [2.24, 2.45) is 5.92 Å². The van der Waals surface area contributed by atoms with Gasteiger partial charge < -0.3 is 5.32 Å². The number of aryl methyl sites for hydroxylation is 2. The van der Waals surface area contributed by atoms with Gasteiger partial charge in [0, 0.05) is 23.8 Å². The third-order valence-corrected chi connectivity index (χ3v) is 3.78. The molecule has 1 aliphatic carbocycles. The normalized spacial score (nSPS) is 25.9. The molecule has 3 heteroatoms. The van der Waals surface area contributed by atoms with Crippen molar-refractivity contribution >= 4 is 0 Å². The average molecular weight is 221 g/mol. The predicted octanol–water partition coefficient (Wildman–Crippen LogP) is 2.69. The highest BCUT2D eigenvalue weighted by molar-refractivity contribution is 5.22. The Bertz CT molecular complexity index is 323. The maximum atomic E-state index is 4.23. The maximum Gasteiger partial charge on any atom is 0.0638 e. The highest BCUT2D eigenvalue weighted by atomic mass is 15.1. The van der Waals surface area contributed by atoms with Gasteiger partial charge in [0.05, 0.1) is 5.69 Å². The Hall–Kier alpha value is -0.830. The van der Waals surface area contributed by atoms with Crippen molar-refractivity contribution in [3.63, 3.8) is 0 Å². The molecule has 1 fully saturated rings. The standard InChI is InChI=1S/C13H23N3/c1-9-5-4-6-12(7-9)14-8-13-10(2)15-16-11(13)3/h9,12,14H,4-8H2,1-3H3,(H,15,16). The van der Waals surface area contributed by atoms with Gasteiger partial charge >= 0.3 is 0 Å². The van der Waals surface area contributed by atoms with Crippen molar-refractivity contribution in [1.82, 2.24) is 15.5 Å². The van der Waals surface area contributed by atoms with Crippen molar-refractivity contribution in [3.8, 4) is 0 Å². The molecule has 2 N–H and O–H groups in total. The van der Waals surface area contributed by atoms with E-state index in [9.17, 15) is 0 Å². The van der Waals surface area contributed by atoms with Crippen molar-refractivity contribution in [2.75, 3.05) is 0 Å². The molecule has 0 radical (unpaired) electrons. The maximum absolute atomic E-state index is 4.23. The molecule has 0 saturated heterocycles. The monoisotopic (exact) mass is 221 g/mol. The molecule has 0 aromatic carbocycles. The van der Waals surface area contributed by atoms with E-state index in [1.54, 1.807) is 0 Å². The summed E-state index contributed by atoms with van der Waals surface area (Å²) in [5.41, 5.74) is 3.68. The fourth-order valence-electron chi connectivity index (χ4n) is 2.70. The van der Waals surface area contributed by atoms with E-state index in [4.69, 9.17) is 0 Å². The molecule has 1 aliphatic rings. The number of nitrogens with zero attached hydrogens (tertiary/aromatic N) is 1. The molecule has 16 heavy (non-hydrogen) atoms. The largest absolute Gasteiger partial charge is 0.310 e. The Balaban J connectivity index is 1.87.